The number of likely N-dealkylation sites (N-methyl/N-ethyl adjacent to an activating group) is 2. The van der Waals surface area contributed by atoms with E-state index in [-0.39, 0.29) is 48.9 Å². The molecule has 53 heavy (non-hydrogen) atoms. The van der Waals surface area contributed by atoms with Gasteiger partial charge in [0.2, 0.25) is 23.6 Å². The highest BCUT2D eigenvalue weighted by molar-refractivity contribution is 5.88. The van der Waals surface area contributed by atoms with Crippen LogP contribution in [-0.2, 0) is 39.9 Å². The predicted octanol–water partition coefficient (Wildman–Crippen LogP) is 2.47. The largest absolute Gasteiger partial charge is 0.480 e. The van der Waals surface area contributed by atoms with E-state index in [1.807, 2.05) is 65.0 Å². The predicted molar refractivity (Wildman–Crippen MR) is 204 cm³/mol. The summed E-state index contributed by atoms with van der Waals surface area (Å²) in [6, 6.07) is 6.67. The number of carbonyl (C=O) groups excluding carboxylic acids is 4. The van der Waals surface area contributed by atoms with Gasteiger partial charge in [-0.1, -0.05) is 78.3 Å². The molecule has 1 aromatic carbocycles. The van der Waals surface area contributed by atoms with Crippen LogP contribution in [0.2, 0.25) is 0 Å². The summed E-state index contributed by atoms with van der Waals surface area (Å²) in [5.74, 6) is -3.08. The lowest BCUT2D eigenvalue weighted by atomic mass is 9.90. The molecule has 0 aromatic heterocycles. The van der Waals surface area contributed by atoms with Gasteiger partial charge in [0, 0.05) is 40.8 Å². The highest BCUT2D eigenvalue weighted by atomic mass is 16.5. The minimum Gasteiger partial charge on any atom is -0.480 e. The number of amides is 4. The number of aliphatic hydroxyl groups excluding tert-OH is 1. The quantitative estimate of drug-likeness (QED) is 0.125. The van der Waals surface area contributed by atoms with E-state index in [1.54, 1.807) is 30.8 Å². The second kappa shape index (κ2) is 24.7. The van der Waals surface area contributed by atoms with Crippen LogP contribution >= 0.6 is 0 Å². The van der Waals surface area contributed by atoms with Crippen molar-refractivity contribution in [1.82, 2.24) is 25.8 Å². The van der Waals surface area contributed by atoms with Crippen molar-refractivity contribution in [3.63, 3.8) is 0 Å². The number of nitrogens with one attached hydrogen (secondary N) is 3. The Kier molecular flexibility index (Phi) is 22.1. The Bertz CT molecular complexity index is 1260. The van der Waals surface area contributed by atoms with Crippen LogP contribution in [0, 0.1) is 17.8 Å². The number of carbonyl (C=O) groups is 5. The highest BCUT2D eigenvalue weighted by Crippen LogP contribution is 2.29. The smallest absolute Gasteiger partial charge is 0.326 e. The fourth-order valence-electron chi connectivity index (χ4n) is 6.84. The van der Waals surface area contributed by atoms with E-state index < -0.39 is 54.2 Å². The number of hydrogen-bond donors (Lipinski definition) is 5. The number of rotatable bonds is 21. The number of aliphatic carboxylic acids is 1. The Morgan fingerprint density at radius 2 is 1.62 bits per heavy atom. The van der Waals surface area contributed by atoms with E-state index in [1.165, 1.54) is 14.2 Å². The molecule has 1 heterocycles. The van der Waals surface area contributed by atoms with E-state index in [0.717, 1.165) is 18.4 Å². The topological polar surface area (TPSA) is 187 Å². The molecule has 5 N–H and O–H groups in total. The highest BCUT2D eigenvalue weighted by Gasteiger charge is 2.42. The molecule has 0 radical (unpaired) electrons. The maximum atomic E-state index is 13.9. The van der Waals surface area contributed by atoms with Crippen molar-refractivity contribution in [3.8, 4) is 0 Å². The molecule has 2 rings (SSSR count). The lowest BCUT2D eigenvalue weighted by Gasteiger charge is -2.39. The summed E-state index contributed by atoms with van der Waals surface area (Å²) < 4.78 is 11.7. The molecule has 14 heteroatoms. The van der Waals surface area contributed by atoms with E-state index >= 15 is 0 Å². The van der Waals surface area contributed by atoms with Crippen LogP contribution in [0.4, 0.5) is 0 Å². The first-order valence-electron chi connectivity index (χ1n) is 18.9. The van der Waals surface area contributed by atoms with E-state index in [9.17, 15) is 29.1 Å². The van der Waals surface area contributed by atoms with Gasteiger partial charge in [0.25, 0.3) is 0 Å². The zero-order chi connectivity index (χ0) is 40.2. The molecular weight excluding hydrogens is 682 g/mol. The molecule has 1 aliphatic heterocycles. The van der Waals surface area contributed by atoms with Crippen LogP contribution in [0.3, 0.4) is 0 Å². The van der Waals surface area contributed by atoms with Crippen LogP contribution in [0.25, 0.3) is 0 Å². The normalized spacial score (nSPS) is 18.0. The van der Waals surface area contributed by atoms with E-state index in [2.05, 4.69) is 16.0 Å². The van der Waals surface area contributed by atoms with Crippen LogP contribution in [0.15, 0.2) is 30.3 Å². The van der Waals surface area contributed by atoms with Gasteiger partial charge in [-0.3, -0.25) is 19.2 Å². The molecule has 0 bridgehead atoms. The molecule has 4 amide bonds. The van der Waals surface area contributed by atoms with Gasteiger partial charge >= 0.3 is 5.97 Å². The van der Waals surface area contributed by atoms with Gasteiger partial charge in [-0.15, -0.1) is 0 Å². The van der Waals surface area contributed by atoms with Gasteiger partial charge in [0.15, 0.2) is 0 Å². The molecule has 1 saturated heterocycles. The molecule has 302 valence electrons. The number of nitrogens with zero attached hydrogens (tertiary/aromatic N) is 2. The first kappa shape index (κ1) is 47.4. The fourth-order valence-corrected chi connectivity index (χ4v) is 6.84. The molecular formula is C39H67N5O9. The van der Waals surface area contributed by atoms with Crippen LogP contribution < -0.4 is 16.0 Å². The molecule has 8 atom stereocenters. The van der Waals surface area contributed by atoms with Crippen molar-refractivity contribution in [2.24, 2.45) is 17.8 Å². The molecule has 8 unspecified atom stereocenters. The Morgan fingerprint density at radius 1 is 1.00 bits per heavy atom. The van der Waals surface area contributed by atoms with Crippen molar-refractivity contribution in [2.75, 3.05) is 48.0 Å². The molecule has 1 aliphatic rings. The van der Waals surface area contributed by atoms with Gasteiger partial charge < -0.3 is 45.4 Å². The summed E-state index contributed by atoms with van der Waals surface area (Å²) in [5, 5.41) is 26.1. The summed E-state index contributed by atoms with van der Waals surface area (Å²) >= 11 is 0. The third-order valence-electron chi connectivity index (χ3n) is 10.1. The molecule has 0 saturated carbocycles. The first-order chi connectivity index (χ1) is 25.1. The Labute approximate surface area is 316 Å². The average Bonchev–Trinajstić information content (AvgIpc) is 3.63. The Balaban J connectivity index is 0.00000333. The van der Waals surface area contributed by atoms with Gasteiger partial charge in [-0.05, 0) is 43.7 Å². The lowest BCUT2D eigenvalue weighted by Crippen LogP contribution is -2.55. The van der Waals surface area contributed by atoms with Gasteiger partial charge in [-0.25, -0.2) is 4.79 Å². The molecule has 14 nitrogen and oxygen atoms in total. The Morgan fingerprint density at radius 3 is 2.11 bits per heavy atom. The van der Waals surface area contributed by atoms with Crippen molar-refractivity contribution in [2.45, 2.75) is 116 Å². The number of hydrogen-bond acceptors (Lipinski definition) is 9. The second-order valence-electron chi connectivity index (χ2n) is 14.2. The summed E-state index contributed by atoms with van der Waals surface area (Å²) in [5.41, 5.74) is 0.785. The summed E-state index contributed by atoms with van der Waals surface area (Å²) in [4.78, 5) is 68.6. The van der Waals surface area contributed by atoms with E-state index in [4.69, 9.17) is 14.6 Å². The monoisotopic (exact) mass is 749 g/mol. The zero-order valence-electron chi connectivity index (χ0n) is 33.6. The lowest BCUT2D eigenvalue weighted by molar-refractivity contribution is -0.147. The number of ether oxygens (including phenoxy) is 2. The molecule has 0 aliphatic carbocycles. The standard InChI is InChI=1S/C36H59N5O8.C3H8O/c1-10-23(4)32(40(7)30(43)21-38-35(45)31(37-6)22(2)3)28(48-8)20-29(42)41-18-14-17-27(41)33(49-9)24(5)34(44)39-26(36(46)47)19-25-15-12-11-13-16-25;1-2-3-4/h11-13,15-16,22-24,26-28,31-33,37H,10,14,17-21H2,1-9H3,(H,38,45)(H,39,44)(H,46,47);4H,2-3H2,1H3. The van der Waals surface area contributed by atoms with Gasteiger partial charge in [0.1, 0.15) is 6.04 Å². The second-order valence-corrected chi connectivity index (χ2v) is 14.2. The number of carboxylic acid groups (broad SMARTS) is 1. The number of carboxylic acids is 1. The van der Waals surface area contributed by atoms with Gasteiger partial charge in [-0.2, -0.15) is 0 Å². The van der Waals surface area contributed by atoms with Crippen LogP contribution in [0.1, 0.15) is 79.2 Å². The Hall–Kier alpha value is -3.59. The third-order valence-corrected chi connectivity index (χ3v) is 10.1. The number of methoxy groups -OCH3 is 2. The van der Waals surface area contributed by atoms with Crippen molar-refractivity contribution >= 4 is 29.6 Å². The number of aliphatic hydroxyl groups is 1. The third kappa shape index (κ3) is 14.6. The minimum absolute atomic E-state index is 0.00363. The number of likely N-dealkylation sites (tertiary alicyclic amines) is 1. The average molecular weight is 750 g/mol. The minimum atomic E-state index is -1.14. The summed E-state index contributed by atoms with van der Waals surface area (Å²) in [6.07, 6.45) is 1.75. The maximum Gasteiger partial charge on any atom is 0.326 e. The number of benzene rings is 1. The zero-order valence-corrected chi connectivity index (χ0v) is 33.6. The first-order valence-corrected chi connectivity index (χ1v) is 18.9. The van der Waals surface area contributed by atoms with E-state index in [0.29, 0.717) is 26.0 Å². The fraction of sp³-hybridized carbons (Fsp3) is 0.718. The molecule has 1 fully saturated rings. The maximum absolute atomic E-state index is 13.9. The summed E-state index contributed by atoms with van der Waals surface area (Å²) in [6.45, 7) is 12.1. The van der Waals surface area contributed by atoms with Crippen LogP contribution in [0.5, 0.6) is 0 Å². The molecule has 1 aromatic rings. The van der Waals surface area contributed by atoms with Crippen LogP contribution in [-0.4, -0.2) is 134 Å². The van der Waals surface area contributed by atoms with Crippen molar-refractivity contribution in [3.05, 3.63) is 35.9 Å². The summed E-state index contributed by atoms with van der Waals surface area (Å²) in [7, 11) is 6.38. The SMILES string of the molecule is CCC(C)C(C(CC(=O)N1CCCC1C(OC)C(C)C(=O)NC(Cc1ccccc1)C(=O)O)OC)N(C)C(=O)CNC(=O)C(NC)C(C)C.CCCO. The van der Waals surface area contributed by atoms with Crippen molar-refractivity contribution in [1.29, 1.82) is 0 Å². The van der Waals surface area contributed by atoms with Gasteiger partial charge in [0.05, 0.1) is 49.2 Å². The van der Waals surface area contributed by atoms with Crippen molar-refractivity contribution < 1.29 is 43.7 Å². The molecule has 0 spiro atoms.